The highest BCUT2D eigenvalue weighted by Crippen LogP contribution is 2.18. The van der Waals surface area contributed by atoms with Crippen molar-refractivity contribution in [2.75, 3.05) is 33.3 Å². The van der Waals surface area contributed by atoms with Crippen LogP contribution < -0.4 is 5.32 Å². The summed E-state index contributed by atoms with van der Waals surface area (Å²) in [4.78, 5) is 29.1. The molecule has 22 heavy (non-hydrogen) atoms. The fourth-order valence-electron chi connectivity index (χ4n) is 2.92. The number of aromatic amines is 1. The monoisotopic (exact) mass is 307 g/mol. The lowest BCUT2D eigenvalue weighted by Gasteiger charge is -2.30. The largest absolute Gasteiger partial charge is 0.375 e. The number of amides is 1. The molecule has 0 aromatic carbocycles. The number of nitrogens with one attached hydrogen (secondary N) is 2. The van der Waals surface area contributed by atoms with Crippen LogP contribution >= 0.6 is 0 Å². The topological polar surface area (TPSA) is 74.4 Å². The first-order chi connectivity index (χ1) is 10.4. The summed E-state index contributed by atoms with van der Waals surface area (Å²) >= 11 is 0. The summed E-state index contributed by atoms with van der Waals surface area (Å²) in [6.07, 6.45) is 0.957. The highest BCUT2D eigenvalue weighted by molar-refractivity contribution is 6.02. The first-order valence-corrected chi connectivity index (χ1v) is 7.68. The van der Waals surface area contributed by atoms with Gasteiger partial charge in [-0.3, -0.25) is 9.59 Å². The van der Waals surface area contributed by atoms with Gasteiger partial charge in [0.15, 0.2) is 5.78 Å². The van der Waals surface area contributed by atoms with E-state index in [1.165, 1.54) is 6.92 Å². The van der Waals surface area contributed by atoms with E-state index >= 15 is 0 Å². The van der Waals surface area contributed by atoms with Crippen molar-refractivity contribution in [3.05, 3.63) is 22.5 Å². The van der Waals surface area contributed by atoms with Gasteiger partial charge in [0.1, 0.15) is 0 Å². The van der Waals surface area contributed by atoms with Crippen molar-refractivity contribution < 1.29 is 14.3 Å². The molecule has 1 aliphatic rings. The van der Waals surface area contributed by atoms with Gasteiger partial charge in [-0.05, 0) is 32.9 Å². The maximum absolute atomic E-state index is 12.3. The molecule has 0 spiro atoms. The lowest BCUT2D eigenvalue weighted by Crippen LogP contribution is -2.41. The lowest BCUT2D eigenvalue weighted by atomic mass is 10.1. The molecule has 0 aliphatic carbocycles. The minimum atomic E-state index is -0.136. The Kier molecular flexibility index (Phi) is 5.37. The predicted molar refractivity (Wildman–Crippen MR) is 84.5 cm³/mol. The number of rotatable bonds is 5. The molecule has 0 saturated carbocycles. The van der Waals surface area contributed by atoms with E-state index in [-0.39, 0.29) is 17.8 Å². The van der Waals surface area contributed by atoms with E-state index in [2.05, 4.69) is 22.2 Å². The lowest BCUT2D eigenvalue weighted by molar-refractivity contribution is -0.0226. The van der Waals surface area contributed by atoms with Gasteiger partial charge in [-0.15, -0.1) is 0 Å². The van der Waals surface area contributed by atoms with Gasteiger partial charge in [-0.2, -0.15) is 0 Å². The number of aryl methyl sites for hydroxylation is 1. The predicted octanol–water partition coefficient (Wildman–Crippen LogP) is 1.28. The Morgan fingerprint density at radius 2 is 2.14 bits per heavy atom. The smallest absolute Gasteiger partial charge is 0.253 e. The molecule has 1 amide bonds. The molecule has 6 nitrogen and oxygen atoms in total. The molecule has 1 atom stereocenters. The molecule has 1 saturated heterocycles. The van der Waals surface area contributed by atoms with Gasteiger partial charge >= 0.3 is 0 Å². The van der Waals surface area contributed by atoms with E-state index in [0.717, 1.165) is 37.4 Å². The summed E-state index contributed by atoms with van der Waals surface area (Å²) in [5, 5.41) is 2.93. The minimum absolute atomic E-state index is 0.0571. The van der Waals surface area contributed by atoms with E-state index in [1.54, 1.807) is 6.92 Å². The van der Waals surface area contributed by atoms with Gasteiger partial charge in [0.25, 0.3) is 5.91 Å². The second-order valence-electron chi connectivity index (χ2n) is 5.98. The maximum atomic E-state index is 12.3. The molecule has 6 heteroatoms. The average molecular weight is 307 g/mol. The van der Waals surface area contributed by atoms with Crippen LogP contribution in [0.1, 0.15) is 45.4 Å². The number of ketones is 1. The second kappa shape index (κ2) is 7.07. The Morgan fingerprint density at radius 3 is 2.73 bits per heavy atom. The SMILES string of the molecule is CC(=O)c1[nH]c(C)c(C(=O)NCCC2CN(C)CCO2)c1C. The van der Waals surface area contributed by atoms with Crippen LogP contribution in [0.5, 0.6) is 0 Å². The molecule has 2 rings (SSSR count). The van der Waals surface area contributed by atoms with E-state index in [4.69, 9.17) is 4.74 Å². The van der Waals surface area contributed by atoms with Crippen LogP contribution in [0, 0.1) is 13.8 Å². The first-order valence-electron chi connectivity index (χ1n) is 7.68. The van der Waals surface area contributed by atoms with Crippen molar-refractivity contribution in [2.24, 2.45) is 0 Å². The zero-order valence-corrected chi connectivity index (χ0v) is 13.8. The summed E-state index contributed by atoms with van der Waals surface area (Å²) in [6.45, 7) is 8.27. The number of carbonyl (C=O) groups is 2. The Bertz CT molecular complexity index is 565. The molecule has 2 heterocycles. The molecule has 1 fully saturated rings. The number of hydrogen-bond donors (Lipinski definition) is 2. The van der Waals surface area contributed by atoms with E-state index in [0.29, 0.717) is 17.8 Å². The molecule has 1 aliphatic heterocycles. The maximum Gasteiger partial charge on any atom is 0.253 e. The number of Topliss-reactive ketones (excluding diaryl/α,β-unsaturated/α-hetero) is 1. The van der Waals surface area contributed by atoms with E-state index < -0.39 is 0 Å². The van der Waals surface area contributed by atoms with Crippen molar-refractivity contribution >= 4 is 11.7 Å². The van der Waals surface area contributed by atoms with Crippen molar-refractivity contribution in [1.82, 2.24) is 15.2 Å². The summed E-state index contributed by atoms with van der Waals surface area (Å²) in [6, 6.07) is 0. The Hall–Kier alpha value is -1.66. The first kappa shape index (κ1) is 16.7. The van der Waals surface area contributed by atoms with Gasteiger partial charge < -0.3 is 19.9 Å². The van der Waals surface area contributed by atoms with Gasteiger partial charge in [0.2, 0.25) is 0 Å². The van der Waals surface area contributed by atoms with Crippen LogP contribution in [0.2, 0.25) is 0 Å². The molecular formula is C16H25N3O3. The Balaban J connectivity index is 1.91. The van der Waals surface area contributed by atoms with E-state index in [9.17, 15) is 9.59 Å². The third-order valence-corrected chi connectivity index (χ3v) is 4.11. The van der Waals surface area contributed by atoms with Gasteiger partial charge in [0, 0.05) is 32.3 Å². The van der Waals surface area contributed by atoms with Crippen molar-refractivity contribution in [3.63, 3.8) is 0 Å². The molecule has 1 aromatic heterocycles. The fourth-order valence-corrected chi connectivity index (χ4v) is 2.92. The van der Waals surface area contributed by atoms with Crippen LogP contribution in [-0.2, 0) is 4.74 Å². The number of hydrogen-bond acceptors (Lipinski definition) is 4. The highest BCUT2D eigenvalue weighted by Gasteiger charge is 2.21. The zero-order chi connectivity index (χ0) is 16.3. The molecule has 2 N–H and O–H groups in total. The summed E-state index contributed by atoms with van der Waals surface area (Å²) < 4.78 is 5.68. The number of aromatic nitrogens is 1. The zero-order valence-electron chi connectivity index (χ0n) is 13.8. The van der Waals surface area contributed by atoms with Crippen molar-refractivity contribution in [3.8, 4) is 0 Å². The summed E-state index contributed by atoms with van der Waals surface area (Å²) in [5.41, 5.74) is 2.54. The summed E-state index contributed by atoms with van der Waals surface area (Å²) in [7, 11) is 2.07. The number of nitrogens with zero attached hydrogens (tertiary/aromatic N) is 1. The molecule has 122 valence electrons. The van der Waals surface area contributed by atoms with Gasteiger partial charge in [-0.25, -0.2) is 0 Å². The normalized spacial score (nSPS) is 19.2. The van der Waals surface area contributed by atoms with Crippen LogP contribution in [0.4, 0.5) is 0 Å². The van der Waals surface area contributed by atoms with E-state index in [1.807, 2.05) is 6.92 Å². The third-order valence-electron chi connectivity index (χ3n) is 4.11. The van der Waals surface area contributed by atoms with Gasteiger partial charge in [0.05, 0.1) is 24.0 Å². The number of carbonyl (C=O) groups excluding carboxylic acids is 2. The average Bonchev–Trinajstić information content (AvgIpc) is 2.74. The van der Waals surface area contributed by atoms with Crippen LogP contribution in [0.3, 0.4) is 0 Å². The van der Waals surface area contributed by atoms with Crippen LogP contribution in [-0.4, -0.2) is 61.0 Å². The minimum Gasteiger partial charge on any atom is -0.375 e. The van der Waals surface area contributed by atoms with Crippen LogP contribution in [0.25, 0.3) is 0 Å². The molecule has 0 radical (unpaired) electrons. The van der Waals surface area contributed by atoms with Crippen molar-refractivity contribution in [1.29, 1.82) is 0 Å². The highest BCUT2D eigenvalue weighted by atomic mass is 16.5. The standard InChI is InChI=1S/C16H25N3O3/c1-10-14(11(2)18-15(10)12(3)20)16(21)17-6-5-13-9-19(4)7-8-22-13/h13,18H,5-9H2,1-4H3,(H,17,21). The Labute approximate surface area is 131 Å². The molecule has 1 aromatic rings. The van der Waals surface area contributed by atoms with Crippen LogP contribution in [0.15, 0.2) is 0 Å². The number of ether oxygens (including phenoxy) is 1. The number of H-pyrrole nitrogens is 1. The molecular weight excluding hydrogens is 282 g/mol. The second-order valence-corrected chi connectivity index (χ2v) is 5.98. The number of likely N-dealkylation sites (N-methyl/N-ethyl adjacent to an activating group) is 1. The molecule has 1 unspecified atom stereocenters. The van der Waals surface area contributed by atoms with Crippen molar-refractivity contribution in [2.45, 2.75) is 33.3 Å². The summed E-state index contributed by atoms with van der Waals surface area (Å²) in [5.74, 6) is -0.193. The number of morpholine rings is 1. The Morgan fingerprint density at radius 1 is 1.41 bits per heavy atom. The quantitative estimate of drug-likeness (QED) is 0.804. The third kappa shape index (κ3) is 3.75. The molecule has 0 bridgehead atoms. The van der Waals surface area contributed by atoms with Gasteiger partial charge in [-0.1, -0.05) is 0 Å². The fraction of sp³-hybridized carbons (Fsp3) is 0.625.